The first-order valence-corrected chi connectivity index (χ1v) is 6.13. The largest absolute Gasteiger partial charge is 0.490 e. The molecule has 0 aliphatic carbocycles. The molecule has 7 nitrogen and oxygen atoms in total. The summed E-state index contributed by atoms with van der Waals surface area (Å²) in [6.45, 7) is 5.53. The molecular formula is C12H16N5O2-. The van der Waals surface area contributed by atoms with Crippen LogP contribution in [0.4, 0.5) is 5.95 Å². The van der Waals surface area contributed by atoms with Gasteiger partial charge in [-0.15, -0.1) is 5.21 Å². The first-order valence-electron chi connectivity index (χ1n) is 6.13. The Bertz CT molecular complexity index is 501. The lowest BCUT2D eigenvalue weighted by molar-refractivity contribution is 0.287. The van der Waals surface area contributed by atoms with E-state index < -0.39 is 0 Å². The Balaban J connectivity index is 2.06. The van der Waals surface area contributed by atoms with E-state index in [4.69, 9.17) is 9.47 Å². The number of nitrogens with one attached hydrogen (secondary N) is 1. The van der Waals surface area contributed by atoms with Gasteiger partial charge in [0.05, 0.1) is 19.2 Å². The van der Waals surface area contributed by atoms with E-state index in [2.05, 4.69) is 25.9 Å². The smallest absolute Gasteiger partial charge is 0.161 e. The molecule has 0 saturated carbocycles. The maximum atomic E-state index is 5.55. The highest BCUT2D eigenvalue weighted by Crippen LogP contribution is 2.29. The van der Waals surface area contributed by atoms with Crippen LogP contribution >= 0.6 is 0 Å². The fraction of sp³-hybridized carbons (Fsp3) is 0.417. The third-order valence-corrected chi connectivity index (χ3v) is 2.35. The molecule has 0 atom stereocenters. The predicted octanol–water partition coefficient (Wildman–Crippen LogP) is 2.20. The highest BCUT2D eigenvalue weighted by atomic mass is 16.5. The highest BCUT2D eigenvalue weighted by Gasteiger charge is 2.05. The van der Waals surface area contributed by atoms with Crippen LogP contribution in [-0.2, 0) is 6.54 Å². The molecule has 1 N–H and O–H groups in total. The minimum Gasteiger partial charge on any atom is -0.490 e. The minimum absolute atomic E-state index is 0.340. The second-order valence-corrected chi connectivity index (χ2v) is 3.68. The molecule has 2 aromatic rings. The van der Waals surface area contributed by atoms with E-state index in [0.717, 1.165) is 17.1 Å². The molecule has 1 heterocycles. The fourth-order valence-corrected chi connectivity index (χ4v) is 1.58. The van der Waals surface area contributed by atoms with Crippen molar-refractivity contribution in [1.82, 2.24) is 20.6 Å². The summed E-state index contributed by atoms with van der Waals surface area (Å²) in [6, 6.07) is 5.74. The maximum Gasteiger partial charge on any atom is 0.161 e. The van der Waals surface area contributed by atoms with Crippen molar-refractivity contribution in [2.24, 2.45) is 0 Å². The number of tetrazole rings is 1. The first kappa shape index (κ1) is 13.1. The number of nitrogens with zero attached hydrogens (tertiary/aromatic N) is 4. The minimum atomic E-state index is 0.340. The summed E-state index contributed by atoms with van der Waals surface area (Å²) in [5, 5.41) is 17.5. The van der Waals surface area contributed by atoms with Gasteiger partial charge in [-0.2, -0.15) is 0 Å². The summed E-state index contributed by atoms with van der Waals surface area (Å²) in [4.78, 5) is 0. The molecule has 1 aromatic carbocycles. The van der Waals surface area contributed by atoms with Crippen molar-refractivity contribution in [1.29, 1.82) is 0 Å². The summed E-state index contributed by atoms with van der Waals surface area (Å²) < 4.78 is 11.1. The molecule has 0 aliphatic rings. The second-order valence-electron chi connectivity index (χ2n) is 3.68. The van der Waals surface area contributed by atoms with Crippen molar-refractivity contribution in [3.05, 3.63) is 29.1 Å². The molecule has 2 rings (SSSR count). The van der Waals surface area contributed by atoms with E-state index in [1.165, 1.54) is 0 Å². The number of H-pyrrole nitrogens is 1. The van der Waals surface area contributed by atoms with Gasteiger partial charge in [0.1, 0.15) is 0 Å². The van der Waals surface area contributed by atoms with E-state index in [1.807, 2.05) is 32.0 Å². The molecule has 0 radical (unpaired) electrons. The molecule has 0 spiro atoms. The molecule has 0 saturated heterocycles. The zero-order valence-corrected chi connectivity index (χ0v) is 11.0. The van der Waals surface area contributed by atoms with E-state index in [-0.39, 0.29) is 0 Å². The summed E-state index contributed by atoms with van der Waals surface area (Å²) >= 11 is 0. The fourth-order valence-electron chi connectivity index (χ4n) is 1.58. The number of rotatable bonds is 7. The van der Waals surface area contributed by atoms with Gasteiger partial charge in [-0.1, -0.05) is 6.07 Å². The number of aromatic nitrogens is 4. The van der Waals surface area contributed by atoms with E-state index >= 15 is 0 Å². The zero-order valence-electron chi connectivity index (χ0n) is 11.0. The lowest BCUT2D eigenvalue weighted by atomic mass is 10.2. The van der Waals surface area contributed by atoms with Crippen molar-refractivity contribution in [2.75, 3.05) is 13.2 Å². The summed E-state index contributed by atoms with van der Waals surface area (Å²) in [5.74, 6) is 1.81. The Labute approximate surface area is 111 Å². The van der Waals surface area contributed by atoms with Gasteiger partial charge in [0.2, 0.25) is 0 Å². The van der Waals surface area contributed by atoms with Crippen molar-refractivity contribution in [2.45, 2.75) is 20.4 Å². The van der Waals surface area contributed by atoms with E-state index in [0.29, 0.717) is 25.7 Å². The number of hydrogen-bond donors (Lipinski definition) is 1. The topological polar surface area (TPSA) is 87.0 Å². The average molecular weight is 262 g/mol. The summed E-state index contributed by atoms with van der Waals surface area (Å²) in [7, 11) is 0. The van der Waals surface area contributed by atoms with Crippen LogP contribution < -0.4 is 9.47 Å². The molecule has 7 heteroatoms. The van der Waals surface area contributed by atoms with Crippen LogP contribution in [0.5, 0.6) is 11.5 Å². The van der Waals surface area contributed by atoms with Crippen molar-refractivity contribution in [3.63, 3.8) is 0 Å². The lowest BCUT2D eigenvalue weighted by Crippen LogP contribution is -1.99. The van der Waals surface area contributed by atoms with Gasteiger partial charge in [0.25, 0.3) is 0 Å². The van der Waals surface area contributed by atoms with Gasteiger partial charge in [-0.05, 0) is 31.5 Å². The quantitative estimate of drug-likeness (QED) is 0.826. The van der Waals surface area contributed by atoms with Gasteiger partial charge in [-0.25, -0.2) is 0 Å². The molecule has 0 aliphatic heterocycles. The lowest BCUT2D eigenvalue weighted by Gasteiger charge is -2.13. The van der Waals surface area contributed by atoms with Crippen LogP contribution in [-0.4, -0.2) is 33.8 Å². The second kappa shape index (κ2) is 6.58. The maximum absolute atomic E-state index is 5.55. The molecule has 0 fully saturated rings. The average Bonchev–Trinajstić information content (AvgIpc) is 2.93. The molecule has 1 aromatic heterocycles. The van der Waals surface area contributed by atoms with E-state index in [1.54, 1.807) is 0 Å². The van der Waals surface area contributed by atoms with Crippen molar-refractivity contribution >= 4 is 5.95 Å². The SMILES string of the molecule is CCOc1ccc(C[N-]c2nn[nH]n2)cc1OCC. The van der Waals surface area contributed by atoms with Gasteiger partial charge >= 0.3 is 0 Å². The standard InChI is InChI=1S/C12H16N5O2/c1-3-18-10-6-5-9(7-11(10)19-4-2)8-13-12-14-16-17-15-12/h5-7H,3-4,8H2,1-2H3,(H-,13,14,15,16,17)/q-1. The molecule has 0 amide bonds. The Kier molecular flexibility index (Phi) is 4.54. The van der Waals surface area contributed by atoms with Crippen molar-refractivity contribution < 1.29 is 9.47 Å². The molecule has 0 unspecified atom stereocenters. The van der Waals surface area contributed by atoms with Crippen LogP contribution in [0.2, 0.25) is 0 Å². The Morgan fingerprint density at radius 2 is 1.95 bits per heavy atom. The summed E-state index contributed by atoms with van der Waals surface area (Å²) in [5.41, 5.74) is 0.997. The highest BCUT2D eigenvalue weighted by molar-refractivity contribution is 5.44. The monoisotopic (exact) mass is 262 g/mol. The number of ether oxygens (including phenoxy) is 2. The normalized spacial score (nSPS) is 10.2. The number of hydrogen-bond acceptors (Lipinski definition) is 5. The first-order chi connectivity index (χ1) is 9.33. The van der Waals surface area contributed by atoms with Crippen LogP contribution in [0.15, 0.2) is 18.2 Å². The van der Waals surface area contributed by atoms with E-state index in [9.17, 15) is 0 Å². The Morgan fingerprint density at radius 3 is 2.63 bits per heavy atom. The molecular weight excluding hydrogens is 246 g/mol. The van der Waals surface area contributed by atoms with Crippen molar-refractivity contribution in [3.8, 4) is 11.5 Å². The van der Waals surface area contributed by atoms with Gasteiger partial charge in [-0.3, -0.25) is 15.4 Å². The van der Waals surface area contributed by atoms with Gasteiger partial charge in [0, 0.05) is 6.54 Å². The van der Waals surface area contributed by atoms with Crippen LogP contribution in [0.1, 0.15) is 19.4 Å². The zero-order chi connectivity index (χ0) is 13.5. The number of benzene rings is 1. The Hall–Kier alpha value is -2.31. The van der Waals surface area contributed by atoms with Gasteiger partial charge < -0.3 is 14.8 Å². The van der Waals surface area contributed by atoms with Crippen LogP contribution in [0.3, 0.4) is 0 Å². The third kappa shape index (κ3) is 3.57. The third-order valence-electron chi connectivity index (χ3n) is 2.35. The molecule has 19 heavy (non-hydrogen) atoms. The predicted molar refractivity (Wildman–Crippen MR) is 69.7 cm³/mol. The van der Waals surface area contributed by atoms with Crippen LogP contribution in [0.25, 0.3) is 5.32 Å². The summed E-state index contributed by atoms with van der Waals surface area (Å²) in [6.07, 6.45) is 0. The number of aromatic amines is 1. The van der Waals surface area contributed by atoms with Gasteiger partial charge in [0.15, 0.2) is 11.5 Å². The Morgan fingerprint density at radius 1 is 1.16 bits per heavy atom. The van der Waals surface area contributed by atoms with Crippen LogP contribution in [0, 0.1) is 0 Å². The molecule has 0 bridgehead atoms. The molecule has 102 valence electrons.